The summed E-state index contributed by atoms with van der Waals surface area (Å²) in [5.41, 5.74) is 5.12. The van der Waals surface area contributed by atoms with Gasteiger partial charge in [-0.15, -0.1) is 0 Å². The van der Waals surface area contributed by atoms with Gasteiger partial charge in [-0.3, -0.25) is 0 Å². The topological polar surface area (TPSA) is 15.6 Å². The third-order valence-electron chi connectivity index (χ3n) is 3.82. The molecule has 0 heterocycles. The van der Waals surface area contributed by atoms with Crippen LogP contribution in [0.3, 0.4) is 0 Å². The highest BCUT2D eigenvalue weighted by atomic mass is 19.1. The van der Waals surface area contributed by atoms with Gasteiger partial charge in [-0.25, -0.2) is 9.38 Å². The van der Waals surface area contributed by atoms with Crippen LogP contribution in [0.5, 0.6) is 0 Å². The van der Waals surface area contributed by atoms with E-state index in [2.05, 4.69) is 30.1 Å². The largest absolute Gasteiger partial charge is 0.366 e. The first-order valence-corrected chi connectivity index (χ1v) is 7.58. The molecule has 0 aliphatic rings. The Morgan fingerprint density at radius 1 is 1.18 bits per heavy atom. The Kier molecular flexibility index (Phi) is 5.31. The minimum Gasteiger partial charge on any atom is -0.366 e. The number of halogens is 1. The molecule has 2 aromatic rings. The van der Waals surface area contributed by atoms with E-state index < -0.39 is 0 Å². The second-order valence-electron chi connectivity index (χ2n) is 5.69. The van der Waals surface area contributed by atoms with Gasteiger partial charge in [0.2, 0.25) is 0 Å². The lowest BCUT2D eigenvalue weighted by molar-refractivity contribution is 0.552. The zero-order chi connectivity index (χ0) is 16.1. The normalized spacial score (nSPS) is 11.1. The molecule has 0 amide bonds. The van der Waals surface area contributed by atoms with Crippen LogP contribution in [0.1, 0.15) is 29.2 Å². The number of nitrogens with zero attached hydrogens (tertiary/aromatic N) is 2. The highest BCUT2D eigenvalue weighted by Gasteiger charge is 2.08. The molecule has 0 bridgehead atoms. The van der Waals surface area contributed by atoms with Gasteiger partial charge in [0, 0.05) is 13.6 Å². The number of rotatable bonds is 5. The van der Waals surface area contributed by atoms with Crippen molar-refractivity contribution in [1.29, 1.82) is 0 Å². The molecule has 0 N–H and O–H groups in total. The fraction of sp³-hybridized carbons (Fsp3) is 0.316. The molecule has 0 atom stereocenters. The van der Waals surface area contributed by atoms with Gasteiger partial charge in [0.1, 0.15) is 5.82 Å². The van der Waals surface area contributed by atoms with Crippen molar-refractivity contribution in [3.8, 4) is 0 Å². The Morgan fingerprint density at radius 3 is 2.64 bits per heavy atom. The number of benzene rings is 2. The first-order valence-electron chi connectivity index (χ1n) is 7.58. The maximum absolute atomic E-state index is 13.9. The van der Waals surface area contributed by atoms with Crippen LogP contribution in [0.4, 0.5) is 10.1 Å². The van der Waals surface area contributed by atoms with Crippen LogP contribution in [0.25, 0.3) is 0 Å². The maximum Gasteiger partial charge on any atom is 0.125 e. The fourth-order valence-electron chi connectivity index (χ4n) is 2.32. The Balaban J connectivity index is 2.32. The second-order valence-corrected chi connectivity index (χ2v) is 5.69. The van der Waals surface area contributed by atoms with E-state index in [1.807, 2.05) is 31.9 Å². The van der Waals surface area contributed by atoms with E-state index in [4.69, 9.17) is 0 Å². The third kappa shape index (κ3) is 4.17. The molecule has 0 aliphatic heterocycles. The fourth-order valence-corrected chi connectivity index (χ4v) is 2.32. The average molecular weight is 298 g/mol. The van der Waals surface area contributed by atoms with Gasteiger partial charge in [-0.05, 0) is 56.0 Å². The smallest absolute Gasteiger partial charge is 0.125 e. The highest BCUT2D eigenvalue weighted by molar-refractivity contribution is 5.64. The van der Waals surface area contributed by atoms with Crippen LogP contribution in [0.2, 0.25) is 0 Å². The summed E-state index contributed by atoms with van der Waals surface area (Å²) in [6.07, 6.45) is 2.47. The molecule has 0 spiro atoms. The Morgan fingerprint density at radius 2 is 1.95 bits per heavy atom. The summed E-state index contributed by atoms with van der Waals surface area (Å²) < 4.78 is 13.9. The summed E-state index contributed by atoms with van der Waals surface area (Å²) in [6, 6.07) is 11.4. The van der Waals surface area contributed by atoms with Crippen molar-refractivity contribution in [2.24, 2.45) is 4.99 Å². The zero-order valence-corrected chi connectivity index (χ0v) is 13.7. The van der Waals surface area contributed by atoms with Gasteiger partial charge in [0.15, 0.2) is 0 Å². The lowest BCUT2D eigenvalue weighted by Crippen LogP contribution is -2.14. The van der Waals surface area contributed by atoms with Crippen molar-refractivity contribution >= 4 is 12.0 Å². The van der Waals surface area contributed by atoms with E-state index in [1.54, 1.807) is 12.4 Å². The van der Waals surface area contributed by atoms with E-state index in [9.17, 15) is 4.39 Å². The van der Waals surface area contributed by atoms with Gasteiger partial charge in [-0.2, -0.15) is 0 Å². The SMILES string of the molecule is CCN(C)/C=N/c1cc(F)cc(Cc2cccc(C)c2)c1C. The van der Waals surface area contributed by atoms with Crippen LogP contribution in [-0.4, -0.2) is 24.8 Å². The van der Waals surface area contributed by atoms with Crippen LogP contribution in [0.15, 0.2) is 41.4 Å². The predicted molar refractivity (Wildman–Crippen MR) is 91.6 cm³/mol. The van der Waals surface area contributed by atoms with E-state index >= 15 is 0 Å². The van der Waals surface area contributed by atoms with Crippen molar-refractivity contribution < 1.29 is 4.39 Å². The monoisotopic (exact) mass is 298 g/mol. The van der Waals surface area contributed by atoms with Crippen molar-refractivity contribution in [1.82, 2.24) is 4.90 Å². The van der Waals surface area contributed by atoms with E-state index in [-0.39, 0.29) is 5.82 Å². The summed E-state index contributed by atoms with van der Waals surface area (Å²) >= 11 is 0. The molecule has 0 aliphatic carbocycles. The van der Waals surface area contributed by atoms with Crippen molar-refractivity contribution in [3.05, 3.63) is 64.5 Å². The zero-order valence-electron chi connectivity index (χ0n) is 13.7. The molecule has 0 saturated heterocycles. The van der Waals surface area contributed by atoms with Gasteiger partial charge in [-0.1, -0.05) is 29.8 Å². The van der Waals surface area contributed by atoms with Gasteiger partial charge >= 0.3 is 0 Å². The predicted octanol–water partition coefficient (Wildman–Crippen LogP) is 4.64. The van der Waals surface area contributed by atoms with E-state index in [0.717, 1.165) is 24.1 Å². The molecule has 3 heteroatoms. The molecule has 2 nitrogen and oxygen atoms in total. The summed E-state index contributed by atoms with van der Waals surface area (Å²) in [5, 5.41) is 0. The minimum absolute atomic E-state index is 0.237. The van der Waals surface area contributed by atoms with Crippen LogP contribution in [-0.2, 0) is 6.42 Å². The molecule has 2 aromatic carbocycles. The second kappa shape index (κ2) is 7.21. The molecule has 2 rings (SSSR count). The third-order valence-corrected chi connectivity index (χ3v) is 3.82. The van der Waals surface area contributed by atoms with E-state index in [0.29, 0.717) is 5.69 Å². The van der Waals surface area contributed by atoms with Crippen molar-refractivity contribution in [2.45, 2.75) is 27.2 Å². The van der Waals surface area contributed by atoms with Crippen LogP contribution in [0, 0.1) is 19.7 Å². The van der Waals surface area contributed by atoms with Gasteiger partial charge < -0.3 is 4.90 Å². The van der Waals surface area contributed by atoms with Crippen LogP contribution < -0.4 is 0 Å². The van der Waals surface area contributed by atoms with Gasteiger partial charge in [0.05, 0.1) is 12.0 Å². The molecule has 0 radical (unpaired) electrons. The molecule has 0 saturated carbocycles. The molecule has 0 fully saturated rings. The van der Waals surface area contributed by atoms with Crippen LogP contribution >= 0.6 is 0 Å². The lowest BCUT2D eigenvalue weighted by atomic mass is 9.98. The molecular formula is C19H23FN2. The summed E-state index contributed by atoms with van der Waals surface area (Å²) in [4.78, 5) is 6.38. The first-order chi connectivity index (χ1) is 10.5. The van der Waals surface area contributed by atoms with Crippen molar-refractivity contribution in [2.75, 3.05) is 13.6 Å². The maximum atomic E-state index is 13.9. The standard InChI is InChI=1S/C19H23FN2/c1-5-22(4)13-21-19-12-18(20)11-17(15(19)3)10-16-8-6-7-14(2)9-16/h6-9,11-13H,5,10H2,1-4H3/b21-13+. The summed E-state index contributed by atoms with van der Waals surface area (Å²) in [7, 11) is 1.95. The average Bonchev–Trinajstić information content (AvgIpc) is 2.48. The minimum atomic E-state index is -0.237. The Labute approximate surface area is 132 Å². The number of hydrogen-bond acceptors (Lipinski definition) is 1. The lowest BCUT2D eigenvalue weighted by Gasteiger charge is -2.12. The summed E-state index contributed by atoms with van der Waals surface area (Å²) in [5.74, 6) is -0.237. The Bertz CT molecular complexity index is 677. The number of hydrogen-bond donors (Lipinski definition) is 0. The molecule has 22 heavy (non-hydrogen) atoms. The van der Waals surface area contributed by atoms with E-state index in [1.165, 1.54) is 17.2 Å². The summed E-state index contributed by atoms with van der Waals surface area (Å²) in [6.45, 7) is 6.99. The number of aryl methyl sites for hydroxylation is 1. The van der Waals surface area contributed by atoms with Gasteiger partial charge in [0.25, 0.3) is 0 Å². The quantitative estimate of drug-likeness (QED) is 0.580. The molecule has 116 valence electrons. The molecular weight excluding hydrogens is 275 g/mol. The molecule has 0 aromatic heterocycles. The number of aliphatic imine (C=N–C) groups is 1. The Hall–Kier alpha value is -2.16. The first kappa shape index (κ1) is 16.2. The van der Waals surface area contributed by atoms with Crippen molar-refractivity contribution in [3.63, 3.8) is 0 Å². The molecule has 0 unspecified atom stereocenters. The highest BCUT2D eigenvalue weighted by Crippen LogP contribution is 2.26.